The lowest BCUT2D eigenvalue weighted by molar-refractivity contribution is 0.0120. The molecule has 0 aliphatic carbocycles. The summed E-state index contributed by atoms with van der Waals surface area (Å²) in [5.74, 6) is 0. The SMILES string of the molecule is CC(C)(C)OC(=O)NCC1OCCn2nc3ccccc3c21. The number of rotatable bonds is 2. The van der Waals surface area contributed by atoms with Gasteiger partial charge in [0.05, 0.1) is 30.9 Å². The highest BCUT2D eigenvalue weighted by atomic mass is 16.6. The summed E-state index contributed by atoms with van der Waals surface area (Å²) in [6.07, 6.45) is -0.647. The predicted octanol–water partition coefficient (Wildman–Crippen LogP) is 2.63. The number of carbonyl (C=O) groups excluding carboxylic acids is 1. The Kier molecular flexibility index (Phi) is 3.78. The summed E-state index contributed by atoms with van der Waals surface area (Å²) in [6, 6.07) is 7.97. The first-order valence-electron chi connectivity index (χ1n) is 7.48. The molecule has 2 heterocycles. The van der Waals surface area contributed by atoms with Crippen molar-refractivity contribution in [1.29, 1.82) is 0 Å². The van der Waals surface area contributed by atoms with Crippen molar-refractivity contribution in [2.45, 2.75) is 39.0 Å². The van der Waals surface area contributed by atoms with Crippen LogP contribution in [0.5, 0.6) is 0 Å². The lowest BCUT2D eigenvalue weighted by Gasteiger charge is -2.26. The van der Waals surface area contributed by atoms with E-state index in [1.807, 2.05) is 49.7 Å². The number of aromatic nitrogens is 2. The Bertz CT molecular complexity index is 687. The first-order chi connectivity index (χ1) is 10.4. The molecule has 0 radical (unpaired) electrons. The van der Waals surface area contributed by atoms with E-state index in [9.17, 15) is 4.79 Å². The molecule has 118 valence electrons. The van der Waals surface area contributed by atoms with E-state index < -0.39 is 11.7 Å². The first kappa shape index (κ1) is 14.8. The van der Waals surface area contributed by atoms with Crippen LogP contribution in [0.25, 0.3) is 10.9 Å². The Morgan fingerprint density at radius 1 is 1.45 bits per heavy atom. The molecule has 0 spiro atoms. The third-order valence-corrected chi connectivity index (χ3v) is 3.44. The van der Waals surface area contributed by atoms with Crippen molar-refractivity contribution < 1.29 is 14.3 Å². The molecule has 3 rings (SSSR count). The van der Waals surface area contributed by atoms with Gasteiger partial charge in [0.2, 0.25) is 0 Å². The molecule has 1 N–H and O–H groups in total. The normalized spacial score (nSPS) is 18.0. The number of hydrogen-bond acceptors (Lipinski definition) is 4. The van der Waals surface area contributed by atoms with Gasteiger partial charge in [0, 0.05) is 5.39 Å². The van der Waals surface area contributed by atoms with Gasteiger partial charge >= 0.3 is 6.09 Å². The van der Waals surface area contributed by atoms with E-state index in [4.69, 9.17) is 9.47 Å². The molecule has 1 aromatic carbocycles. The average Bonchev–Trinajstić information content (AvgIpc) is 2.82. The molecule has 1 unspecified atom stereocenters. The average molecular weight is 303 g/mol. The number of hydrogen-bond donors (Lipinski definition) is 1. The third kappa shape index (κ3) is 3.06. The van der Waals surface area contributed by atoms with E-state index in [2.05, 4.69) is 10.4 Å². The molecule has 1 atom stereocenters. The number of amides is 1. The van der Waals surface area contributed by atoms with Gasteiger partial charge in [-0.25, -0.2) is 4.79 Å². The van der Waals surface area contributed by atoms with Crippen molar-refractivity contribution >= 4 is 17.0 Å². The molecular formula is C16H21N3O3. The van der Waals surface area contributed by atoms with Crippen LogP contribution >= 0.6 is 0 Å². The molecule has 1 amide bonds. The van der Waals surface area contributed by atoms with Crippen LogP contribution in [-0.4, -0.2) is 34.6 Å². The monoisotopic (exact) mass is 303 g/mol. The lowest BCUT2D eigenvalue weighted by Crippen LogP contribution is -2.37. The van der Waals surface area contributed by atoms with Gasteiger partial charge in [-0.1, -0.05) is 18.2 Å². The van der Waals surface area contributed by atoms with Crippen molar-refractivity contribution in [3.8, 4) is 0 Å². The molecule has 1 aliphatic heterocycles. The Hall–Kier alpha value is -2.08. The molecule has 22 heavy (non-hydrogen) atoms. The molecule has 0 fully saturated rings. The Labute approximate surface area is 129 Å². The maximum atomic E-state index is 11.8. The maximum absolute atomic E-state index is 11.8. The second kappa shape index (κ2) is 5.61. The van der Waals surface area contributed by atoms with Crippen LogP contribution in [0.15, 0.2) is 24.3 Å². The fraction of sp³-hybridized carbons (Fsp3) is 0.500. The number of nitrogens with zero attached hydrogens (tertiary/aromatic N) is 2. The van der Waals surface area contributed by atoms with Gasteiger partial charge in [0.25, 0.3) is 0 Å². The van der Waals surface area contributed by atoms with Crippen molar-refractivity contribution in [1.82, 2.24) is 15.1 Å². The molecule has 0 bridgehead atoms. The highest BCUT2D eigenvalue weighted by Gasteiger charge is 2.26. The molecule has 0 saturated heterocycles. The van der Waals surface area contributed by atoms with Crippen molar-refractivity contribution in [2.24, 2.45) is 0 Å². The summed E-state index contributed by atoms with van der Waals surface area (Å²) in [5.41, 5.74) is 1.45. The van der Waals surface area contributed by atoms with Crippen molar-refractivity contribution in [3.05, 3.63) is 30.0 Å². The van der Waals surface area contributed by atoms with Crippen molar-refractivity contribution in [3.63, 3.8) is 0 Å². The predicted molar refractivity (Wildman–Crippen MR) is 82.7 cm³/mol. The van der Waals surface area contributed by atoms with E-state index in [1.165, 1.54) is 0 Å². The van der Waals surface area contributed by atoms with Gasteiger partial charge in [-0.05, 0) is 26.8 Å². The highest BCUT2D eigenvalue weighted by molar-refractivity contribution is 5.82. The summed E-state index contributed by atoms with van der Waals surface area (Å²) in [5, 5.41) is 8.43. The summed E-state index contributed by atoms with van der Waals surface area (Å²) < 4.78 is 13.0. The lowest BCUT2D eigenvalue weighted by atomic mass is 10.1. The number of ether oxygens (including phenoxy) is 2. The zero-order chi connectivity index (χ0) is 15.7. The number of carbonyl (C=O) groups is 1. The molecule has 6 nitrogen and oxygen atoms in total. The Morgan fingerprint density at radius 3 is 3.00 bits per heavy atom. The maximum Gasteiger partial charge on any atom is 0.407 e. The van der Waals surface area contributed by atoms with E-state index in [0.717, 1.165) is 23.1 Å². The summed E-state index contributed by atoms with van der Waals surface area (Å²) in [6.45, 7) is 7.20. The number of alkyl carbamates (subject to hydrolysis) is 1. The van der Waals surface area contributed by atoms with Crippen LogP contribution in [0, 0.1) is 0 Å². The van der Waals surface area contributed by atoms with Gasteiger partial charge in [-0.15, -0.1) is 0 Å². The molecular weight excluding hydrogens is 282 g/mol. The quantitative estimate of drug-likeness (QED) is 0.926. The first-order valence-corrected chi connectivity index (χ1v) is 7.48. The van der Waals surface area contributed by atoms with Crippen LogP contribution in [0.1, 0.15) is 32.6 Å². The van der Waals surface area contributed by atoms with Crippen LogP contribution < -0.4 is 5.32 Å². The standard InChI is InChI=1S/C16H21N3O3/c1-16(2,3)22-15(20)17-10-13-14-11-6-4-5-7-12(11)18-19(14)8-9-21-13/h4-7,13H,8-10H2,1-3H3,(H,17,20). The van der Waals surface area contributed by atoms with Crippen LogP contribution in [-0.2, 0) is 16.0 Å². The van der Waals surface area contributed by atoms with E-state index >= 15 is 0 Å². The Morgan fingerprint density at radius 2 is 2.23 bits per heavy atom. The number of fused-ring (bicyclic) bond motifs is 3. The van der Waals surface area contributed by atoms with E-state index in [-0.39, 0.29) is 6.10 Å². The molecule has 6 heteroatoms. The second-order valence-electron chi connectivity index (χ2n) is 6.37. The number of benzene rings is 1. The summed E-state index contributed by atoms with van der Waals surface area (Å²) in [4.78, 5) is 11.8. The zero-order valence-electron chi connectivity index (χ0n) is 13.1. The minimum absolute atomic E-state index is 0.214. The molecule has 1 aromatic heterocycles. The summed E-state index contributed by atoms with van der Waals surface area (Å²) >= 11 is 0. The van der Waals surface area contributed by atoms with Gasteiger partial charge in [-0.3, -0.25) is 4.68 Å². The van der Waals surface area contributed by atoms with Crippen LogP contribution in [0.3, 0.4) is 0 Å². The van der Waals surface area contributed by atoms with Gasteiger partial charge < -0.3 is 14.8 Å². The number of nitrogens with one attached hydrogen (secondary N) is 1. The minimum atomic E-state index is -0.508. The largest absolute Gasteiger partial charge is 0.444 e. The molecule has 1 aliphatic rings. The van der Waals surface area contributed by atoms with Crippen LogP contribution in [0.2, 0.25) is 0 Å². The third-order valence-electron chi connectivity index (χ3n) is 3.44. The molecule has 0 saturated carbocycles. The minimum Gasteiger partial charge on any atom is -0.444 e. The van der Waals surface area contributed by atoms with Gasteiger partial charge in [0.15, 0.2) is 0 Å². The van der Waals surface area contributed by atoms with Gasteiger partial charge in [0.1, 0.15) is 11.7 Å². The zero-order valence-corrected chi connectivity index (χ0v) is 13.1. The Balaban J connectivity index is 1.76. The van der Waals surface area contributed by atoms with E-state index in [0.29, 0.717) is 13.2 Å². The fourth-order valence-corrected chi connectivity index (χ4v) is 2.62. The fourth-order valence-electron chi connectivity index (χ4n) is 2.62. The molecule has 2 aromatic rings. The summed E-state index contributed by atoms with van der Waals surface area (Å²) in [7, 11) is 0. The second-order valence-corrected chi connectivity index (χ2v) is 6.37. The van der Waals surface area contributed by atoms with Crippen LogP contribution in [0.4, 0.5) is 4.79 Å². The van der Waals surface area contributed by atoms with E-state index in [1.54, 1.807) is 0 Å². The van der Waals surface area contributed by atoms with Crippen molar-refractivity contribution in [2.75, 3.05) is 13.2 Å². The van der Waals surface area contributed by atoms with Gasteiger partial charge in [-0.2, -0.15) is 5.10 Å². The highest BCUT2D eigenvalue weighted by Crippen LogP contribution is 2.29. The smallest absolute Gasteiger partial charge is 0.407 e. The topological polar surface area (TPSA) is 65.4 Å².